The molecule has 184 valence electrons. The number of ether oxygens (including phenoxy) is 1. The quantitative estimate of drug-likeness (QED) is 0.483. The first kappa shape index (κ1) is 26.1. The molecule has 6 heteroatoms. The molecule has 2 aromatic rings. The first-order valence-corrected chi connectivity index (χ1v) is 12.6. The minimum atomic E-state index is -0.592. The first-order valence-electron chi connectivity index (χ1n) is 12.3. The number of hydrogen-bond donors (Lipinski definition) is 1. The van der Waals surface area contributed by atoms with Crippen LogP contribution in [0.2, 0.25) is 5.02 Å². The van der Waals surface area contributed by atoms with Gasteiger partial charge in [0.25, 0.3) is 5.91 Å². The van der Waals surface area contributed by atoms with Gasteiger partial charge in [0.2, 0.25) is 5.91 Å². The molecule has 3 rings (SSSR count). The molecular weight excluding hydrogens is 448 g/mol. The molecule has 2 amide bonds. The number of nitrogens with one attached hydrogen (secondary N) is 1. The van der Waals surface area contributed by atoms with E-state index in [-0.39, 0.29) is 36.4 Å². The molecule has 5 nitrogen and oxygen atoms in total. The van der Waals surface area contributed by atoms with Crippen molar-refractivity contribution in [3.05, 3.63) is 64.7 Å². The van der Waals surface area contributed by atoms with Crippen LogP contribution in [0.4, 0.5) is 0 Å². The zero-order chi connectivity index (χ0) is 24.7. The highest BCUT2D eigenvalue weighted by molar-refractivity contribution is 6.31. The molecule has 0 spiro atoms. The molecule has 2 aromatic carbocycles. The molecule has 0 bridgehead atoms. The summed E-state index contributed by atoms with van der Waals surface area (Å²) in [6.07, 6.45) is 4.75. The van der Waals surface area contributed by atoms with Crippen molar-refractivity contribution in [2.45, 2.75) is 83.8 Å². The molecule has 1 aliphatic carbocycles. The smallest absolute Gasteiger partial charge is 0.261 e. The fraction of sp³-hybridized carbons (Fsp3) is 0.500. The van der Waals surface area contributed by atoms with Crippen LogP contribution in [0.25, 0.3) is 0 Å². The summed E-state index contributed by atoms with van der Waals surface area (Å²) in [6.45, 7) is 8.37. The average Bonchev–Trinajstić information content (AvgIpc) is 3.31. The van der Waals surface area contributed by atoms with E-state index in [4.69, 9.17) is 16.3 Å². The third kappa shape index (κ3) is 6.75. The minimum absolute atomic E-state index is 0.107. The lowest BCUT2D eigenvalue weighted by atomic mass is 9.86. The van der Waals surface area contributed by atoms with Crippen molar-refractivity contribution in [1.82, 2.24) is 10.2 Å². The lowest BCUT2D eigenvalue weighted by Crippen LogP contribution is -2.52. The van der Waals surface area contributed by atoms with E-state index in [2.05, 4.69) is 26.1 Å². The van der Waals surface area contributed by atoms with Crippen molar-refractivity contribution in [2.75, 3.05) is 6.61 Å². The van der Waals surface area contributed by atoms with Crippen LogP contribution in [0.3, 0.4) is 0 Å². The van der Waals surface area contributed by atoms with E-state index in [1.807, 2.05) is 49.4 Å². The van der Waals surface area contributed by atoms with E-state index >= 15 is 0 Å². The third-order valence-electron chi connectivity index (χ3n) is 6.43. The highest BCUT2D eigenvalue weighted by Crippen LogP contribution is 2.31. The van der Waals surface area contributed by atoms with Gasteiger partial charge in [-0.25, -0.2) is 0 Å². The molecule has 1 N–H and O–H groups in total. The summed E-state index contributed by atoms with van der Waals surface area (Å²) in [4.78, 5) is 28.4. The second-order valence-electron chi connectivity index (χ2n) is 10.1. The van der Waals surface area contributed by atoms with Gasteiger partial charge in [0.1, 0.15) is 11.8 Å². The molecule has 1 aliphatic rings. The number of carbonyl (C=O) groups excluding carboxylic acids is 2. The highest BCUT2D eigenvalue weighted by Gasteiger charge is 2.31. The maximum Gasteiger partial charge on any atom is 0.261 e. The van der Waals surface area contributed by atoms with E-state index in [0.29, 0.717) is 17.2 Å². The molecule has 1 fully saturated rings. The molecule has 0 saturated heterocycles. The van der Waals surface area contributed by atoms with Crippen molar-refractivity contribution >= 4 is 23.4 Å². The molecule has 0 aromatic heterocycles. The monoisotopic (exact) mass is 484 g/mol. The molecule has 0 aliphatic heterocycles. The summed E-state index contributed by atoms with van der Waals surface area (Å²) in [6, 6.07) is 14.8. The number of carbonyl (C=O) groups is 2. The Labute approximate surface area is 208 Å². The first-order chi connectivity index (χ1) is 16.2. The van der Waals surface area contributed by atoms with E-state index in [1.165, 1.54) is 0 Å². The highest BCUT2D eigenvalue weighted by atomic mass is 35.5. The van der Waals surface area contributed by atoms with Crippen LogP contribution in [0.5, 0.6) is 5.75 Å². The van der Waals surface area contributed by atoms with Crippen LogP contribution >= 0.6 is 11.6 Å². The van der Waals surface area contributed by atoms with Crippen LogP contribution in [0.1, 0.15) is 70.9 Å². The number of benzene rings is 2. The molecule has 0 radical (unpaired) electrons. The number of amides is 2. The van der Waals surface area contributed by atoms with Crippen LogP contribution in [0.15, 0.2) is 48.5 Å². The lowest BCUT2D eigenvalue weighted by Gasteiger charge is -2.32. The van der Waals surface area contributed by atoms with Gasteiger partial charge >= 0.3 is 0 Å². The second kappa shape index (κ2) is 11.7. The molecule has 1 saturated carbocycles. The molecule has 1 atom stereocenters. The van der Waals surface area contributed by atoms with Gasteiger partial charge < -0.3 is 15.0 Å². The van der Waals surface area contributed by atoms with Crippen LogP contribution in [-0.4, -0.2) is 35.4 Å². The van der Waals surface area contributed by atoms with Gasteiger partial charge in [0, 0.05) is 17.6 Å². The third-order valence-corrected chi connectivity index (χ3v) is 6.80. The van der Waals surface area contributed by atoms with Gasteiger partial charge in [-0.3, -0.25) is 9.59 Å². The van der Waals surface area contributed by atoms with E-state index in [9.17, 15) is 9.59 Å². The fourth-order valence-electron chi connectivity index (χ4n) is 4.53. The van der Waals surface area contributed by atoms with Crippen LogP contribution < -0.4 is 10.1 Å². The Morgan fingerprint density at radius 1 is 1.09 bits per heavy atom. The van der Waals surface area contributed by atoms with Gasteiger partial charge in [0.15, 0.2) is 6.61 Å². The number of nitrogens with zero attached hydrogens (tertiary/aromatic N) is 1. The topological polar surface area (TPSA) is 58.6 Å². The van der Waals surface area contributed by atoms with Gasteiger partial charge in [-0.2, -0.15) is 0 Å². The standard InChI is InChI=1S/C28H37ClN2O3/c1-5-24(27(33)30-21-13-7-8-14-21)31(18-20-12-6-10-16-23(20)29)26(32)19-34-25-17-11-9-15-22(25)28(2,3)4/h6,9-12,15-17,21,24H,5,7-8,13-14,18-19H2,1-4H3,(H,30,33). The largest absolute Gasteiger partial charge is 0.483 e. The van der Waals surface area contributed by atoms with Gasteiger partial charge in [-0.1, -0.05) is 88.5 Å². The number of para-hydroxylation sites is 1. The molecule has 0 heterocycles. The number of hydrogen-bond acceptors (Lipinski definition) is 3. The van der Waals surface area contributed by atoms with Crippen LogP contribution in [-0.2, 0) is 21.5 Å². The van der Waals surface area contributed by atoms with Crippen molar-refractivity contribution < 1.29 is 14.3 Å². The normalized spacial score (nSPS) is 15.1. The predicted molar refractivity (Wildman–Crippen MR) is 137 cm³/mol. The summed E-state index contributed by atoms with van der Waals surface area (Å²) in [5.41, 5.74) is 1.72. The predicted octanol–water partition coefficient (Wildman–Crippen LogP) is 5.88. The summed E-state index contributed by atoms with van der Waals surface area (Å²) < 4.78 is 6.03. The van der Waals surface area contributed by atoms with Gasteiger partial charge in [-0.15, -0.1) is 0 Å². The summed E-state index contributed by atoms with van der Waals surface area (Å²) in [5, 5.41) is 3.74. The van der Waals surface area contributed by atoms with E-state index in [0.717, 1.165) is 36.8 Å². The maximum atomic E-state index is 13.5. The second-order valence-corrected chi connectivity index (χ2v) is 10.5. The Bertz CT molecular complexity index is 980. The number of rotatable bonds is 9. The van der Waals surface area contributed by atoms with Crippen molar-refractivity contribution in [3.8, 4) is 5.75 Å². The van der Waals surface area contributed by atoms with Crippen molar-refractivity contribution in [3.63, 3.8) is 0 Å². The van der Waals surface area contributed by atoms with Gasteiger partial charge in [0.05, 0.1) is 0 Å². The Morgan fingerprint density at radius 3 is 2.38 bits per heavy atom. The van der Waals surface area contributed by atoms with E-state index in [1.54, 1.807) is 11.0 Å². The summed E-state index contributed by atoms with van der Waals surface area (Å²) >= 11 is 6.41. The Balaban J connectivity index is 1.81. The average molecular weight is 485 g/mol. The SMILES string of the molecule is CCC(C(=O)NC1CCCC1)N(Cc1ccccc1Cl)C(=O)COc1ccccc1C(C)(C)C. The molecular formula is C28H37ClN2O3. The Hall–Kier alpha value is -2.53. The summed E-state index contributed by atoms with van der Waals surface area (Å²) in [5.74, 6) is 0.339. The fourth-order valence-corrected chi connectivity index (χ4v) is 4.73. The van der Waals surface area contributed by atoms with Crippen LogP contribution in [0, 0.1) is 0 Å². The zero-order valence-corrected chi connectivity index (χ0v) is 21.5. The Morgan fingerprint density at radius 2 is 1.74 bits per heavy atom. The van der Waals surface area contributed by atoms with E-state index < -0.39 is 6.04 Å². The van der Waals surface area contributed by atoms with Crippen molar-refractivity contribution in [1.29, 1.82) is 0 Å². The molecule has 34 heavy (non-hydrogen) atoms. The minimum Gasteiger partial charge on any atom is -0.483 e. The maximum absolute atomic E-state index is 13.5. The zero-order valence-electron chi connectivity index (χ0n) is 20.8. The van der Waals surface area contributed by atoms with Gasteiger partial charge in [-0.05, 0) is 47.9 Å². The Kier molecular flexibility index (Phi) is 9.01. The van der Waals surface area contributed by atoms with Crippen molar-refractivity contribution in [2.24, 2.45) is 0 Å². The summed E-state index contributed by atoms with van der Waals surface area (Å²) in [7, 11) is 0. The molecule has 1 unspecified atom stereocenters. The number of halogens is 1. The lowest BCUT2D eigenvalue weighted by molar-refractivity contribution is -0.143.